The van der Waals surface area contributed by atoms with Crippen LogP contribution in [0.2, 0.25) is 0 Å². The summed E-state index contributed by atoms with van der Waals surface area (Å²) in [4.78, 5) is 11.0. The second-order valence-electron chi connectivity index (χ2n) is 5.34. The van der Waals surface area contributed by atoms with Gasteiger partial charge in [-0.3, -0.25) is 9.48 Å². The summed E-state index contributed by atoms with van der Waals surface area (Å²) < 4.78 is 2.00. The van der Waals surface area contributed by atoms with E-state index in [1.165, 1.54) is 19.3 Å². The third-order valence-corrected chi connectivity index (χ3v) is 3.67. The molecule has 0 saturated heterocycles. The van der Waals surface area contributed by atoms with E-state index in [2.05, 4.69) is 30.4 Å². The average molecular weight is 270 g/mol. The van der Waals surface area contributed by atoms with Crippen LogP contribution in [0.3, 0.4) is 0 Å². The van der Waals surface area contributed by atoms with E-state index in [0.717, 1.165) is 40.6 Å². The van der Waals surface area contributed by atoms with Crippen LogP contribution in [-0.2, 0) is 6.54 Å². The highest BCUT2D eigenvalue weighted by Gasteiger charge is 2.07. The zero-order valence-corrected chi connectivity index (χ0v) is 12.5. The first-order chi connectivity index (χ1) is 9.65. The molecule has 0 spiro atoms. The minimum atomic E-state index is 0.795. The summed E-state index contributed by atoms with van der Waals surface area (Å²) in [5.74, 6) is 0. The molecule has 0 aliphatic heterocycles. The lowest BCUT2D eigenvalue weighted by molar-refractivity contribution is 0.112. The van der Waals surface area contributed by atoms with Gasteiger partial charge >= 0.3 is 0 Å². The standard InChI is InChI=1S/C17H22N2O/c1-4-5-6-7-19-11-16(10-18-19)15-8-13(2)17(12-20)14(3)9-15/h8-12H,4-7H2,1-3H3. The largest absolute Gasteiger partial charge is 0.298 e. The molecule has 106 valence electrons. The predicted octanol–water partition coefficient (Wildman–Crippen LogP) is 4.17. The van der Waals surface area contributed by atoms with E-state index in [4.69, 9.17) is 0 Å². The summed E-state index contributed by atoms with van der Waals surface area (Å²) in [6.07, 6.45) is 8.55. The van der Waals surface area contributed by atoms with Crippen molar-refractivity contribution in [3.05, 3.63) is 41.2 Å². The van der Waals surface area contributed by atoms with Crippen molar-refractivity contribution < 1.29 is 4.79 Å². The maximum atomic E-state index is 11.0. The van der Waals surface area contributed by atoms with Gasteiger partial charge in [0.1, 0.15) is 0 Å². The van der Waals surface area contributed by atoms with Crippen LogP contribution >= 0.6 is 0 Å². The third-order valence-electron chi connectivity index (χ3n) is 3.67. The molecule has 0 radical (unpaired) electrons. The van der Waals surface area contributed by atoms with Crippen molar-refractivity contribution in [3.8, 4) is 11.1 Å². The van der Waals surface area contributed by atoms with Crippen molar-refractivity contribution in [2.45, 2.75) is 46.6 Å². The van der Waals surface area contributed by atoms with Gasteiger partial charge in [0.25, 0.3) is 0 Å². The smallest absolute Gasteiger partial charge is 0.150 e. The fraction of sp³-hybridized carbons (Fsp3) is 0.412. The molecule has 1 aromatic heterocycles. The van der Waals surface area contributed by atoms with Gasteiger partial charge in [-0.05, 0) is 37.0 Å². The normalized spacial score (nSPS) is 10.8. The van der Waals surface area contributed by atoms with Gasteiger partial charge in [-0.1, -0.05) is 31.9 Å². The Balaban J connectivity index is 2.22. The van der Waals surface area contributed by atoms with E-state index < -0.39 is 0 Å². The van der Waals surface area contributed by atoms with Crippen LogP contribution in [0.4, 0.5) is 0 Å². The Kier molecular flexibility index (Phi) is 4.72. The summed E-state index contributed by atoms with van der Waals surface area (Å²) in [6, 6.07) is 4.12. The molecular weight excluding hydrogens is 248 g/mol. The molecule has 3 heteroatoms. The topological polar surface area (TPSA) is 34.9 Å². The molecule has 0 atom stereocenters. The molecule has 20 heavy (non-hydrogen) atoms. The van der Waals surface area contributed by atoms with Gasteiger partial charge < -0.3 is 0 Å². The Morgan fingerprint density at radius 3 is 2.45 bits per heavy atom. The van der Waals surface area contributed by atoms with Crippen LogP contribution in [-0.4, -0.2) is 16.1 Å². The van der Waals surface area contributed by atoms with Gasteiger partial charge in [0.05, 0.1) is 6.20 Å². The SMILES string of the molecule is CCCCCn1cc(-c2cc(C)c(C=O)c(C)c2)cn1. The van der Waals surface area contributed by atoms with E-state index in [9.17, 15) is 4.79 Å². The molecule has 0 N–H and O–H groups in total. The third kappa shape index (κ3) is 3.16. The summed E-state index contributed by atoms with van der Waals surface area (Å²) in [7, 11) is 0. The average Bonchev–Trinajstić information content (AvgIpc) is 2.87. The molecule has 0 fully saturated rings. The second kappa shape index (κ2) is 6.51. The van der Waals surface area contributed by atoms with E-state index >= 15 is 0 Å². The lowest BCUT2D eigenvalue weighted by Crippen LogP contribution is -1.97. The van der Waals surface area contributed by atoms with Gasteiger partial charge in [0.15, 0.2) is 6.29 Å². The molecule has 0 saturated carbocycles. The summed E-state index contributed by atoms with van der Waals surface area (Å²) >= 11 is 0. The highest BCUT2D eigenvalue weighted by molar-refractivity contribution is 5.82. The molecule has 2 rings (SSSR count). The number of aldehydes is 1. The monoisotopic (exact) mass is 270 g/mol. The zero-order valence-electron chi connectivity index (χ0n) is 12.5. The fourth-order valence-electron chi connectivity index (χ4n) is 2.49. The van der Waals surface area contributed by atoms with Crippen LogP contribution in [0.25, 0.3) is 11.1 Å². The summed E-state index contributed by atoms with van der Waals surface area (Å²) in [6.45, 7) is 7.13. The Bertz CT molecular complexity index is 576. The molecule has 0 amide bonds. The number of rotatable bonds is 6. The molecule has 1 heterocycles. The molecule has 1 aromatic carbocycles. The van der Waals surface area contributed by atoms with Crippen molar-refractivity contribution in [2.75, 3.05) is 0 Å². The molecular formula is C17H22N2O. The van der Waals surface area contributed by atoms with Crippen LogP contribution in [0.1, 0.15) is 47.7 Å². The number of aromatic nitrogens is 2. The minimum absolute atomic E-state index is 0.795. The number of benzene rings is 1. The van der Waals surface area contributed by atoms with Crippen LogP contribution in [0, 0.1) is 13.8 Å². The first-order valence-corrected chi connectivity index (χ1v) is 7.25. The second-order valence-corrected chi connectivity index (χ2v) is 5.34. The molecule has 2 aromatic rings. The quantitative estimate of drug-likeness (QED) is 0.583. The van der Waals surface area contributed by atoms with Gasteiger partial charge in [0, 0.05) is 23.9 Å². The van der Waals surface area contributed by atoms with Crippen LogP contribution in [0.15, 0.2) is 24.5 Å². The number of nitrogens with zero attached hydrogens (tertiary/aromatic N) is 2. The predicted molar refractivity (Wildman–Crippen MR) is 82.0 cm³/mol. The number of unbranched alkanes of at least 4 members (excludes halogenated alkanes) is 2. The van der Waals surface area contributed by atoms with Crippen LogP contribution in [0.5, 0.6) is 0 Å². The Hall–Kier alpha value is -1.90. The van der Waals surface area contributed by atoms with Crippen LogP contribution < -0.4 is 0 Å². The first-order valence-electron chi connectivity index (χ1n) is 7.25. The van der Waals surface area contributed by atoms with Crippen molar-refractivity contribution in [1.82, 2.24) is 9.78 Å². The summed E-state index contributed by atoms with van der Waals surface area (Å²) in [5.41, 5.74) is 5.09. The zero-order chi connectivity index (χ0) is 14.5. The molecule has 0 aliphatic rings. The number of aryl methyl sites for hydroxylation is 3. The van der Waals surface area contributed by atoms with Gasteiger partial charge in [0.2, 0.25) is 0 Å². The highest BCUT2D eigenvalue weighted by Crippen LogP contribution is 2.24. The Labute approximate surface area is 120 Å². The number of hydrogen-bond acceptors (Lipinski definition) is 2. The van der Waals surface area contributed by atoms with Crippen molar-refractivity contribution in [3.63, 3.8) is 0 Å². The Morgan fingerprint density at radius 2 is 1.85 bits per heavy atom. The van der Waals surface area contributed by atoms with E-state index in [1.54, 1.807) is 0 Å². The number of carbonyl (C=O) groups is 1. The molecule has 3 nitrogen and oxygen atoms in total. The van der Waals surface area contributed by atoms with E-state index in [-0.39, 0.29) is 0 Å². The molecule has 0 bridgehead atoms. The van der Waals surface area contributed by atoms with E-state index in [0.29, 0.717) is 0 Å². The fourth-order valence-corrected chi connectivity index (χ4v) is 2.49. The highest BCUT2D eigenvalue weighted by atomic mass is 16.1. The first kappa shape index (κ1) is 14.5. The van der Waals surface area contributed by atoms with Gasteiger partial charge in [-0.25, -0.2) is 0 Å². The lowest BCUT2D eigenvalue weighted by atomic mass is 9.98. The minimum Gasteiger partial charge on any atom is -0.298 e. The van der Waals surface area contributed by atoms with Gasteiger partial charge in [-0.15, -0.1) is 0 Å². The summed E-state index contributed by atoms with van der Waals surface area (Å²) in [5, 5.41) is 4.41. The maximum absolute atomic E-state index is 11.0. The molecule has 0 aliphatic carbocycles. The van der Waals surface area contributed by atoms with Crippen molar-refractivity contribution >= 4 is 6.29 Å². The molecule has 0 unspecified atom stereocenters. The van der Waals surface area contributed by atoms with Gasteiger partial charge in [-0.2, -0.15) is 5.10 Å². The van der Waals surface area contributed by atoms with Crippen molar-refractivity contribution in [1.29, 1.82) is 0 Å². The lowest BCUT2D eigenvalue weighted by Gasteiger charge is -2.06. The van der Waals surface area contributed by atoms with Crippen molar-refractivity contribution in [2.24, 2.45) is 0 Å². The number of carbonyl (C=O) groups excluding carboxylic acids is 1. The van der Waals surface area contributed by atoms with E-state index in [1.807, 2.05) is 24.7 Å². The Morgan fingerprint density at radius 1 is 1.15 bits per heavy atom. The number of hydrogen-bond donors (Lipinski definition) is 0. The maximum Gasteiger partial charge on any atom is 0.150 e.